The maximum atomic E-state index is 12.6. The Morgan fingerprint density at radius 1 is 1.10 bits per heavy atom. The molecule has 2 heterocycles. The van der Waals surface area contributed by atoms with Crippen molar-refractivity contribution in [1.82, 2.24) is 4.90 Å². The van der Waals surface area contributed by atoms with Crippen molar-refractivity contribution in [1.29, 1.82) is 0 Å². The molecular weight excluding hydrogens is 404 g/mol. The van der Waals surface area contributed by atoms with Crippen molar-refractivity contribution < 1.29 is 23.9 Å². The van der Waals surface area contributed by atoms with Gasteiger partial charge in [-0.3, -0.25) is 19.3 Å². The Morgan fingerprint density at radius 3 is 2.57 bits per heavy atom. The van der Waals surface area contributed by atoms with Gasteiger partial charge in [-0.15, -0.1) is 0 Å². The first-order valence-electron chi connectivity index (χ1n) is 9.57. The molecule has 154 valence electrons. The molecule has 0 unspecified atom stereocenters. The number of thioether (sulfide) groups is 1. The average molecular weight is 424 g/mol. The quantitative estimate of drug-likeness (QED) is 0.737. The van der Waals surface area contributed by atoms with E-state index in [4.69, 9.17) is 9.47 Å². The van der Waals surface area contributed by atoms with E-state index in [1.807, 2.05) is 24.3 Å². The summed E-state index contributed by atoms with van der Waals surface area (Å²) in [4.78, 5) is 38.6. The third kappa shape index (κ3) is 4.33. The fourth-order valence-electron chi connectivity index (χ4n) is 3.10. The first-order valence-corrected chi connectivity index (χ1v) is 10.4. The third-order valence-electron chi connectivity index (χ3n) is 4.69. The molecule has 0 radical (unpaired) electrons. The van der Waals surface area contributed by atoms with E-state index < -0.39 is 17.1 Å². The van der Waals surface area contributed by atoms with Gasteiger partial charge in [-0.05, 0) is 47.5 Å². The Balaban J connectivity index is 1.41. The number of fused-ring (bicyclic) bond motifs is 1. The summed E-state index contributed by atoms with van der Waals surface area (Å²) in [5, 5.41) is 2.22. The van der Waals surface area contributed by atoms with Gasteiger partial charge in [0.2, 0.25) is 5.91 Å². The van der Waals surface area contributed by atoms with Crippen LogP contribution < -0.4 is 14.8 Å². The van der Waals surface area contributed by atoms with Crippen LogP contribution in [0.15, 0.2) is 47.4 Å². The predicted molar refractivity (Wildman–Crippen MR) is 115 cm³/mol. The molecule has 1 fully saturated rings. The molecule has 30 heavy (non-hydrogen) atoms. The van der Waals surface area contributed by atoms with Gasteiger partial charge in [-0.2, -0.15) is 0 Å². The van der Waals surface area contributed by atoms with E-state index in [9.17, 15) is 14.4 Å². The van der Waals surface area contributed by atoms with Crippen molar-refractivity contribution in [2.45, 2.75) is 13.3 Å². The lowest BCUT2D eigenvalue weighted by molar-refractivity contribution is -0.127. The Hall–Kier alpha value is -3.26. The van der Waals surface area contributed by atoms with E-state index in [1.165, 1.54) is 5.56 Å². The number of carbonyl (C=O) groups excluding carboxylic acids is 3. The second-order valence-electron chi connectivity index (χ2n) is 6.77. The van der Waals surface area contributed by atoms with Crippen LogP contribution in [-0.4, -0.2) is 41.7 Å². The second-order valence-corrected chi connectivity index (χ2v) is 7.76. The summed E-state index contributed by atoms with van der Waals surface area (Å²) in [6, 6.07) is 12.8. The molecule has 2 aromatic carbocycles. The molecular formula is C22H20N2O5S. The number of hydrogen-bond acceptors (Lipinski definition) is 6. The van der Waals surface area contributed by atoms with E-state index in [0.29, 0.717) is 35.3 Å². The van der Waals surface area contributed by atoms with Gasteiger partial charge in [0, 0.05) is 11.8 Å². The van der Waals surface area contributed by atoms with Crippen molar-refractivity contribution in [2.75, 3.05) is 25.1 Å². The van der Waals surface area contributed by atoms with Crippen molar-refractivity contribution in [3.63, 3.8) is 0 Å². The van der Waals surface area contributed by atoms with Crippen LogP contribution in [0.5, 0.6) is 11.5 Å². The molecule has 0 saturated carbocycles. The molecule has 0 spiro atoms. The van der Waals surface area contributed by atoms with Crippen molar-refractivity contribution in [3.05, 3.63) is 58.5 Å². The number of carbonyl (C=O) groups is 3. The standard InChI is InChI=1S/C22H20N2O5S/c1-2-14-3-5-15(6-4-14)11-19-21(26)24(22(27)30-19)13-20(25)23-16-7-8-17-18(12-16)29-10-9-28-17/h3-8,11-12H,2,9-10,13H2,1H3,(H,23,25)/b19-11-. The smallest absolute Gasteiger partial charge is 0.294 e. The number of aryl methyl sites for hydroxylation is 1. The summed E-state index contributed by atoms with van der Waals surface area (Å²) in [6.07, 6.45) is 2.60. The minimum atomic E-state index is -0.470. The molecule has 0 aliphatic carbocycles. The van der Waals surface area contributed by atoms with Gasteiger partial charge in [0.25, 0.3) is 11.1 Å². The third-order valence-corrected chi connectivity index (χ3v) is 5.59. The first-order chi connectivity index (χ1) is 14.5. The molecule has 3 amide bonds. The zero-order valence-electron chi connectivity index (χ0n) is 16.3. The summed E-state index contributed by atoms with van der Waals surface area (Å²) in [5.74, 6) is 0.217. The lowest BCUT2D eigenvalue weighted by atomic mass is 10.1. The van der Waals surface area contributed by atoms with Gasteiger partial charge in [-0.25, -0.2) is 0 Å². The number of ether oxygens (including phenoxy) is 2. The van der Waals surface area contributed by atoms with E-state index >= 15 is 0 Å². The van der Waals surface area contributed by atoms with Gasteiger partial charge in [0.1, 0.15) is 19.8 Å². The summed E-state index contributed by atoms with van der Waals surface area (Å²) in [6.45, 7) is 2.63. The molecule has 4 rings (SSSR count). The number of hydrogen-bond donors (Lipinski definition) is 1. The minimum Gasteiger partial charge on any atom is -0.486 e. The number of nitrogens with one attached hydrogen (secondary N) is 1. The van der Waals surface area contributed by atoms with Crippen LogP contribution in [0.3, 0.4) is 0 Å². The van der Waals surface area contributed by atoms with Crippen molar-refractivity contribution in [3.8, 4) is 11.5 Å². The van der Waals surface area contributed by atoms with Crippen LogP contribution >= 0.6 is 11.8 Å². The zero-order valence-corrected chi connectivity index (χ0v) is 17.2. The van der Waals surface area contributed by atoms with Crippen LogP contribution in [0.4, 0.5) is 10.5 Å². The fourth-order valence-corrected chi connectivity index (χ4v) is 3.94. The number of amides is 3. The number of benzene rings is 2. The van der Waals surface area contributed by atoms with Gasteiger partial charge < -0.3 is 14.8 Å². The maximum absolute atomic E-state index is 12.6. The van der Waals surface area contributed by atoms with Gasteiger partial charge in [0.05, 0.1) is 4.91 Å². The highest BCUT2D eigenvalue weighted by Gasteiger charge is 2.36. The van der Waals surface area contributed by atoms with Gasteiger partial charge in [0.15, 0.2) is 11.5 Å². The lowest BCUT2D eigenvalue weighted by Crippen LogP contribution is -2.36. The van der Waals surface area contributed by atoms with E-state index in [2.05, 4.69) is 12.2 Å². The largest absolute Gasteiger partial charge is 0.486 e. The van der Waals surface area contributed by atoms with Crippen LogP contribution in [-0.2, 0) is 16.0 Å². The summed E-state index contributed by atoms with van der Waals surface area (Å²) < 4.78 is 10.9. The monoisotopic (exact) mass is 424 g/mol. The molecule has 1 N–H and O–H groups in total. The van der Waals surface area contributed by atoms with Crippen molar-refractivity contribution in [2.24, 2.45) is 0 Å². The molecule has 7 nitrogen and oxygen atoms in total. The topological polar surface area (TPSA) is 84.9 Å². The molecule has 0 bridgehead atoms. The zero-order chi connectivity index (χ0) is 21.1. The molecule has 2 aromatic rings. The predicted octanol–water partition coefficient (Wildman–Crippen LogP) is 3.70. The SMILES string of the molecule is CCc1ccc(/C=C2\SC(=O)N(CC(=O)Nc3ccc4c(c3)OCCO4)C2=O)cc1. The Kier molecular flexibility index (Phi) is 5.76. The summed E-state index contributed by atoms with van der Waals surface area (Å²) >= 11 is 0.835. The highest BCUT2D eigenvalue weighted by Crippen LogP contribution is 2.34. The average Bonchev–Trinajstić information content (AvgIpc) is 3.01. The minimum absolute atomic E-state index is 0.302. The summed E-state index contributed by atoms with van der Waals surface area (Å²) in [5.41, 5.74) is 2.53. The van der Waals surface area contributed by atoms with Gasteiger partial charge in [-0.1, -0.05) is 31.2 Å². The van der Waals surface area contributed by atoms with E-state index in [1.54, 1.807) is 24.3 Å². The number of anilines is 1. The molecule has 2 aliphatic heterocycles. The highest BCUT2D eigenvalue weighted by atomic mass is 32.2. The number of nitrogens with zero attached hydrogens (tertiary/aromatic N) is 1. The molecule has 0 atom stereocenters. The molecule has 1 saturated heterocycles. The van der Waals surface area contributed by atoms with Crippen LogP contribution in [0.1, 0.15) is 18.1 Å². The number of imide groups is 1. The van der Waals surface area contributed by atoms with Crippen LogP contribution in [0.25, 0.3) is 6.08 Å². The van der Waals surface area contributed by atoms with E-state index in [0.717, 1.165) is 28.6 Å². The number of rotatable bonds is 5. The highest BCUT2D eigenvalue weighted by molar-refractivity contribution is 8.18. The Bertz CT molecular complexity index is 1030. The van der Waals surface area contributed by atoms with Crippen LogP contribution in [0.2, 0.25) is 0 Å². The van der Waals surface area contributed by atoms with E-state index in [-0.39, 0.29) is 6.54 Å². The molecule has 2 aliphatic rings. The Morgan fingerprint density at radius 2 is 1.83 bits per heavy atom. The lowest BCUT2D eigenvalue weighted by Gasteiger charge is -2.19. The molecule has 0 aromatic heterocycles. The molecule has 8 heteroatoms. The van der Waals surface area contributed by atoms with Crippen molar-refractivity contribution >= 4 is 40.6 Å². The maximum Gasteiger partial charge on any atom is 0.294 e. The van der Waals surface area contributed by atoms with Crippen LogP contribution in [0, 0.1) is 0 Å². The summed E-state index contributed by atoms with van der Waals surface area (Å²) in [7, 11) is 0. The van der Waals surface area contributed by atoms with Gasteiger partial charge >= 0.3 is 0 Å². The Labute approximate surface area is 178 Å². The normalized spacial score (nSPS) is 16.8. The fraction of sp³-hybridized carbons (Fsp3) is 0.227. The second kappa shape index (κ2) is 8.62. The first kappa shape index (κ1) is 20.0.